The zero-order valence-electron chi connectivity index (χ0n) is 10.2. The summed E-state index contributed by atoms with van der Waals surface area (Å²) in [6.45, 7) is 0.363. The maximum atomic E-state index is 12.1. The molecule has 1 aromatic carbocycles. The van der Waals surface area contributed by atoms with Crippen molar-refractivity contribution in [2.75, 3.05) is 12.0 Å². The Balaban J connectivity index is 2.05. The molecule has 0 unspecified atom stereocenters. The Hall–Kier alpha value is -1.41. The van der Waals surface area contributed by atoms with Gasteiger partial charge in [-0.1, -0.05) is 18.2 Å². The van der Waals surface area contributed by atoms with Crippen LogP contribution in [0, 0.1) is 0 Å². The number of nitrogen functional groups attached to an aromatic ring is 1. The largest absolute Gasteiger partial charge is 0.323 e. The highest BCUT2D eigenvalue weighted by atomic mass is 32.2. The molecule has 102 valence electrons. The molecule has 0 amide bonds. The predicted molar refractivity (Wildman–Crippen MR) is 77.5 cm³/mol. The van der Waals surface area contributed by atoms with Crippen LogP contribution in [0.4, 0.5) is 5.69 Å². The van der Waals surface area contributed by atoms with Crippen LogP contribution in [0.25, 0.3) is 0 Å². The van der Waals surface area contributed by atoms with Crippen LogP contribution < -0.4 is 16.0 Å². The van der Waals surface area contributed by atoms with Crippen molar-refractivity contribution in [3.8, 4) is 0 Å². The molecule has 19 heavy (non-hydrogen) atoms. The average Bonchev–Trinajstić information content (AvgIpc) is 2.91. The van der Waals surface area contributed by atoms with Gasteiger partial charge in [-0.05, 0) is 30.0 Å². The van der Waals surface area contributed by atoms with Crippen LogP contribution in [-0.2, 0) is 16.4 Å². The fourth-order valence-corrected chi connectivity index (χ4v) is 3.57. The van der Waals surface area contributed by atoms with E-state index in [1.165, 1.54) is 6.07 Å². The van der Waals surface area contributed by atoms with Crippen molar-refractivity contribution in [3.63, 3.8) is 0 Å². The summed E-state index contributed by atoms with van der Waals surface area (Å²) < 4.78 is 26.8. The number of sulfonamides is 1. The summed E-state index contributed by atoms with van der Waals surface area (Å²) >= 11 is 1.61. The molecule has 0 spiro atoms. The summed E-state index contributed by atoms with van der Waals surface area (Å²) in [5.74, 6) is 5.31. The van der Waals surface area contributed by atoms with Crippen LogP contribution in [0.5, 0.6) is 0 Å². The molecule has 0 aliphatic carbocycles. The zero-order chi connectivity index (χ0) is 13.7. The van der Waals surface area contributed by atoms with Crippen LogP contribution >= 0.6 is 11.3 Å². The Labute approximate surface area is 116 Å². The molecule has 1 aromatic heterocycles. The number of benzene rings is 1. The van der Waals surface area contributed by atoms with Crippen LogP contribution in [0.1, 0.15) is 4.88 Å². The van der Waals surface area contributed by atoms with Crippen LogP contribution in [-0.4, -0.2) is 15.0 Å². The Kier molecular flexibility index (Phi) is 4.54. The highest BCUT2D eigenvalue weighted by Gasteiger charge is 2.17. The molecule has 0 saturated carbocycles. The molecule has 0 bridgehead atoms. The molecular weight excluding hydrogens is 282 g/mol. The number of nitrogens with two attached hydrogens (primary N) is 1. The monoisotopic (exact) mass is 297 g/mol. The van der Waals surface area contributed by atoms with Gasteiger partial charge in [-0.3, -0.25) is 5.84 Å². The normalized spacial score (nSPS) is 11.4. The highest BCUT2D eigenvalue weighted by molar-refractivity contribution is 7.89. The van der Waals surface area contributed by atoms with E-state index in [9.17, 15) is 8.42 Å². The minimum atomic E-state index is -3.54. The number of hydrogen-bond donors (Lipinski definition) is 3. The van der Waals surface area contributed by atoms with Gasteiger partial charge in [-0.2, -0.15) is 0 Å². The Morgan fingerprint density at radius 1 is 1.16 bits per heavy atom. The third-order valence-electron chi connectivity index (χ3n) is 2.58. The third-order valence-corrected chi connectivity index (χ3v) is 5.03. The molecule has 0 fully saturated rings. The van der Waals surface area contributed by atoms with Gasteiger partial charge in [0.05, 0.1) is 5.69 Å². The summed E-state index contributed by atoms with van der Waals surface area (Å²) in [6.07, 6.45) is 0.676. The summed E-state index contributed by atoms with van der Waals surface area (Å²) in [5.41, 5.74) is 2.77. The molecule has 0 saturated heterocycles. The van der Waals surface area contributed by atoms with Gasteiger partial charge >= 0.3 is 0 Å². The lowest BCUT2D eigenvalue weighted by Gasteiger charge is -2.10. The first-order valence-electron chi connectivity index (χ1n) is 5.71. The van der Waals surface area contributed by atoms with Crippen molar-refractivity contribution in [2.24, 2.45) is 5.84 Å². The van der Waals surface area contributed by atoms with Crippen molar-refractivity contribution in [2.45, 2.75) is 11.3 Å². The molecule has 2 aromatic rings. The smallest absolute Gasteiger partial charge is 0.242 e. The minimum absolute atomic E-state index is 0.156. The Morgan fingerprint density at radius 3 is 2.63 bits per heavy atom. The van der Waals surface area contributed by atoms with E-state index in [-0.39, 0.29) is 4.90 Å². The number of rotatable bonds is 6. The van der Waals surface area contributed by atoms with Crippen molar-refractivity contribution < 1.29 is 8.42 Å². The summed E-state index contributed by atoms with van der Waals surface area (Å²) in [7, 11) is -3.54. The molecule has 0 radical (unpaired) electrons. The zero-order valence-corrected chi connectivity index (χ0v) is 11.8. The van der Waals surface area contributed by atoms with E-state index in [4.69, 9.17) is 5.84 Å². The molecule has 0 aliphatic rings. The van der Waals surface area contributed by atoms with Gasteiger partial charge in [-0.15, -0.1) is 11.3 Å². The first-order valence-corrected chi connectivity index (χ1v) is 8.07. The van der Waals surface area contributed by atoms with Crippen LogP contribution in [0.2, 0.25) is 0 Å². The Morgan fingerprint density at radius 2 is 1.95 bits per heavy atom. The van der Waals surface area contributed by atoms with E-state index >= 15 is 0 Å². The standard InChI is InChI=1S/C12H15N3O2S2/c13-15-11-5-1-2-6-12(11)19(16,17)14-8-7-10-4-3-9-18-10/h1-6,9,14-15H,7-8,13H2. The van der Waals surface area contributed by atoms with Gasteiger partial charge in [0.1, 0.15) is 4.90 Å². The van der Waals surface area contributed by atoms with Crippen LogP contribution in [0.15, 0.2) is 46.7 Å². The van der Waals surface area contributed by atoms with E-state index in [0.29, 0.717) is 18.7 Å². The lowest BCUT2D eigenvalue weighted by Crippen LogP contribution is -2.27. The number of hydrazine groups is 1. The SMILES string of the molecule is NNc1ccccc1S(=O)(=O)NCCc1cccs1. The maximum Gasteiger partial charge on any atom is 0.242 e. The quantitative estimate of drug-likeness (QED) is 0.558. The second kappa shape index (κ2) is 6.16. The fraction of sp³-hybridized carbons (Fsp3) is 0.167. The van der Waals surface area contributed by atoms with E-state index in [1.807, 2.05) is 17.5 Å². The lowest BCUT2D eigenvalue weighted by molar-refractivity contribution is 0.582. The first kappa shape index (κ1) is 14.0. The number of thiophene rings is 1. The van der Waals surface area contributed by atoms with Gasteiger partial charge in [0, 0.05) is 11.4 Å². The maximum absolute atomic E-state index is 12.1. The van der Waals surface area contributed by atoms with Gasteiger partial charge < -0.3 is 5.43 Å². The second-order valence-electron chi connectivity index (χ2n) is 3.87. The molecule has 5 nitrogen and oxygen atoms in total. The summed E-state index contributed by atoms with van der Waals surface area (Å²) in [5, 5.41) is 1.97. The van der Waals surface area contributed by atoms with Crippen molar-refractivity contribution in [3.05, 3.63) is 46.7 Å². The topological polar surface area (TPSA) is 84.2 Å². The van der Waals surface area contributed by atoms with E-state index in [2.05, 4.69) is 10.1 Å². The fourth-order valence-electron chi connectivity index (χ4n) is 1.66. The number of anilines is 1. The van der Waals surface area contributed by atoms with Crippen molar-refractivity contribution >= 4 is 27.0 Å². The summed E-state index contributed by atoms with van der Waals surface area (Å²) in [4.78, 5) is 1.30. The first-order chi connectivity index (χ1) is 9.13. The molecular formula is C12H15N3O2S2. The lowest BCUT2D eigenvalue weighted by atomic mass is 10.3. The molecule has 0 aliphatic heterocycles. The van der Waals surface area contributed by atoms with Gasteiger partial charge in [-0.25, -0.2) is 13.1 Å². The van der Waals surface area contributed by atoms with Gasteiger partial charge in [0.15, 0.2) is 0 Å². The van der Waals surface area contributed by atoms with Gasteiger partial charge in [0.2, 0.25) is 10.0 Å². The molecule has 1 heterocycles. The molecule has 2 rings (SSSR count). The predicted octanol–water partition coefficient (Wildman–Crippen LogP) is 1.55. The number of nitrogens with one attached hydrogen (secondary N) is 2. The Bertz CT molecular complexity index is 624. The van der Waals surface area contributed by atoms with E-state index in [0.717, 1.165) is 4.88 Å². The number of para-hydroxylation sites is 1. The third kappa shape index (κ3) is 3.54. The highest BCUT2D eigenvalue weighted by Crippen LogP contribution is 2.19. The minimum Gasteiger partial charge on any atom is -0.323 e. The second-order valence-corrected chi connectivity index (χ2v) is 6.64. The van der Waals surface area contributed by atoms with Crippen molar-refractivity contribution in [1.29, 1.82) is 0 Å². The van der Waals surface area contributed by atoms with Crippen LogP contribution in [0.3, 0.4) is 0 Å². The van der Waals surface area contributed by atoms with E-state index < -0.39 is 10.0 Å². The molecule has 7 heteroatoms. The van der Waals surface area contributed by atoms with E-state index in [1.54, 1.807) is 29.5 Å². The van der Waals surface area contributed by atoms with Crippen molar-refractivity contribution in [1.82, 2.24) is 4.72 Å². The average molecular weight is 297 g/mol. The molecule has 0 atom stereocenters. The summed E-state index contributed by atoms with van der Waals surface area (Å²) in [6, 6.07) is 10.4. The van der Waals surface area contributed by atoms with Gasteiger partial charge in [0.25, 0.3) is 0 Å². The number of hydrogen-bond acceptors (Lipinski definition) is 5. The molecule has 4 N–H and O–H groups in total.